The van der Waals surface area contributed by atoms with Crippen molar-refractivity contribution >= 4 is 30.1 Å². The SMILES string of the molecule is CSC1(CNC(=O)C[C@@H]2CCC[C@H]2N)CCOCC1.Cl. The van der Waals surface area contributed by atoms with Crippen molar-refractivity contribution < 1.29 is 9.53 Å². The number of hydrogen-bond acceptors (Lipinski definition) is 4. The van der Waals surface area contributed by atoms with E-state index in [9.17, 15) is 4.79 Å². The number of ether oxygens (including phenoxy) is 1. The Kier molecular flexibility index (Phi) is 7.65. The lowest BCUT2D eigenvalue weighted by Crippen LogP contribution is -2.44. The molecule has 1 saturated carbocycles. The van der Waals surface area contributed by atoms with E-state index in [2.05, 4.69) is 11.6 Å². The summed E-state index contributed by atoms with van der Waals surface area (Å²) in [6.45, 7) is 2.38. The second kappa shape index (κ2) is 8.47. The molecule has 1 aliphatic heterocycles. The van der Waals surface area contributed by atoms with E-state index in [4.69, 9.17) is 10.5 Å². The number of hydrogen-bond donors (Lipinski definition) is 2. The highest BCUT2D eigenvalue weighted by Gasteiger charge is 2.33. The molecule has 0 bridgehead atoms. The van der Waals surface area contributed by atoms with Crippen LogP contribution in [0.3, 0.4) is 0 Å². The van der Waals surface area contributed by atoms with Crippen LogP contribution < -0.4 is 11.1 Å². The van der Waals surface area contributed by atoms with Gasteiger partial charge in [0.2, 0.25) is 5.91 Å². The molecular weight excluding hydrogens is 296 g/mol. The number of carbonyl (C=O) groups excluding carboxylic acids is 1. The highest BCUT2D eigenvalue weighted by atomic mass is 35.5. The lowest BCUT2D eigenvalue weighted by molar-refractivity contribution is -0.122. The van der Waals surface area contributed by atoms with Gasteiger partial charge in [0.05, 0.1) is 0 Å². The first kappa shape index (κ1) is 18.1. The molecule has 2 fully saturated rings. The normalized spacial score (nSPS) is 28.7. The van der Waals surface area contributed by atoms with Gasteiger partial charge in [-0.2, -0.15) is 11.8 Å². The molecule has 0 aromatic carbocycles. The maximum Gasteiger partial charge on any atom is 0.220 e. The topological polar surface area (TPSA) is 64.4 Å². The molecular formula is C14H27ClN2O2S. The number of rotatable bonds is 5. The van der Waals surface area contributed by atoms with Crippen molar-refractivity contribution in [3.8, 4) is 0 Å². The average molecular weight is 323 g/mol. The minimum atomic E-state index is 0. The van der Waals surface area contributed by atoms with Crippen LogP contribution in [-0.2, 0) is 9.53 Å². The third-order valence-electron chi connectivity index (χ3n) is 4.61. The molecule has 1 heterocycles. The summed E-state index contributed by atoms with van der Waals surface area (Å²) in [6.07, 6.45) is 8.13. The van der Waals surface area contributed by atoms with E-state index >= 15 is 0 Å². The van der Waals surface area contributed by atoms with Crippen LogP contribution in [0.5, 0.6) is 0 Å². The predicted octanol–water partition coefficient (Wildman–Crippen LogP) is 1.95. The van der Waals surface area contributed by atoms with Crippen molar-refractivity contribution in [3.63, 3.8) is 0 Å². The highest BCUT2D eigenvalue weighted by molar-refractivity contribution is 8.00. The molecule has 0 aromatic rings. The van der Waals surface area contributed by atoms with E-state index in [1.807, 2.05) is 11.8 Å². The Morgan fingerprint density at radius 2 is 2.10 bits per heavy atom. The Hall–Kier alpha value is 0.0300. The third-order valence-corrected chi connectivity index (χ3v) is 6.03. The minimum absolute atomic E-state index is 0. The van der Waals surface area contributed by atoms with Gasteiger partial charge in [-0.05, 0) is 37.9 Å². The number of thioether (sulfide) groups is 1. The lowest BCUT2D eigenvalue weighted by Gasteiger charge is -2.35. The van der Waals surface area contributed by atoms with Crippen molar-refractivity contribution in [2.24, 2.45) is 11.7 Å². The van der Waals surface area contributed by atoms with E-state index < -0.39 is 0 Å². The molecule has 2 aliphatic rings. The number of nitrogens with two attached hydrogens (primary N) is 1. The van der Waals surface area contributed by atoms with Crippen LogP contribution in [0.4, 0.5) is 0 Å². The summed E-state index contributed by atoms with van der Waals surface area (Å²) in [4.78, 5) is 12.0. The minimum Gasteiger partial charge on any atom is -0.381 e. The summed E-state index contributed by atoms with van der Waals surface area (Å²) < 4.78 is 5.58. The second-order valence-electron chi connectivity index (χ2n) is 5.84. The molecule has 6 heteroatoms. The van der Waals surface area contributed by atoms with Gasteiger partial charge in [-0.15, -0.1) is 12.4 Å². The first-order valence-corrected chi connectivity index (χ1v) is 8.53. The van der Waals surface area contributed by atoms with E-state index in [0.717, 1.165) is 45.4 Å². The third kappa shape index (κ3) is 4.79. The van der Waals surface area contributed by atoms with Gasteiger partial charge in [-0.3, -0.25) is 4.79 Å². The number of nitrogens with one attached hydrogen (secondary N) is 1. The van der Waals surface area contributed by atoms with Gasteiger partial charge in [0.1, 0.15) is 0 Å². The van der Waals surface area contributed by atoms with Crippen LogP contribution in [0.15, 0.2) is 0 Å². The summed E-state index contributed by atoms with van der Waals surface area (Å²) in [6, 6.07) is 0.225. The van der Waals surface area contributed by atoms with E-state index in [-0.39, 0.29) is 29.1 Å². The fourth-order valence-corrected chi connectivity index (χ4v) is 3.88. The molecule has 118 valence electrons. The van der Waals surface area contributed by atoms with Crippen LogP contribution in [0, 0.1) is 5.92 Å². The quantitative estimate of drug-likeness (QED) is 0.812. The number of amides is 1. The fourth-order valence-electron chi connectivity index (χ4n) is 3.09. The van der Waals surface area contributed by atoms with Crippen molar-refractivity contribution in [1.29, 1.82) is 0 Å². The van der Waals surface area contributed by atoms with Gasteiger partial charge < -0.3 is 15.8 Å². The zero-order valence-electron chi connectivity index (χ0n) is 12.2. The van der Waals surface area contributed by atoms with E-state index in [1.165, 1.54) is 6.42 Å². The molecule has 4 nitrogen and oxygen atoms in total. The van der Waals surface area contributed by atoms with Gasteiger partial charge in [-0.25, -0.2) is 0 Å². The lowest BCUT2D eigenvalue weighted by atomic mass is 9.97. The molecule has 0 aromatic heterocycles. The van der Waals surface area contributed by atoms with Gasteiger partial charge in [-0.1, -0.05) is 6.42 Å². The standard InChI is InChI=1S/C14H26N2O2S.ClH/c1-19-14(5-7-18-8-6-14)10-16-13(17)9-11-3-2-4-12(11)15;/h11-12H,2-10,15H2,1H3,(H,16,17);1H/t11-,12+;/m0./s1. The largest absolute Gasteiger partial charge is 0.381 e. The molecule has 1 saturated heterocycles. The summed E-state index contributed by atoms with van der Waals surface area (Å²) in [7, 11) is 0. The molecule has 0 spiro atoms. The van der Waals surface area contributed by atoms with Gasteiger partial charge >= 0.3 is 0 Å². The van der Waals surface area contributed by atoms with Crippen molar-refractivity contribution in [1.82, 2.24) is 5.32 Å². The van der Waals surface area contributed by atoms with Crippen molar-refractivity contribution in [3.05, 3.63) is 0 Å². The van der Waals surface area contributed by atoms with E-state index in [0.29, 0.717) is 12.3 Å². The van der Waals surface area contributed by atoms with Gasteiger partial charge in [0.25, 0.3) is 0 Å². The zero-order chi connectivity index (χ0) is 13.7. The molecule has 0 radical (unpaired) electrons. The van der Waals surface area contributed by atoms with Crippen molar-refractivity contribution in [2.45, 2.75) is 49.3 Å². The molecule has 20 heavy (non-hydrogen) atoms. The highest BCUT2D eigenvalue weighted by Crippen LogP contribution is 2.33. The van der Waals surface area contributed by atoms with Crippen LogP contribution in [0.2, 0.25) is 0 Å². The molecule has 2 atom stereocenters. The average Bonchev–Trinajstić information content (AvgIpc) is 2.83. The number of halogens is 1. The fraction of sp³-hybridized carbons (Fsp3) is 0.929. The molecule has 2 rings (SSSR count). The summed E-state index contributed by atoms with van der Waals surface area (Å²) in [5.74, 6) is 0.558. The first-order chi connectivity index (χ1) is 9.15. The van der Waals surface area contributed by atoms with Crippen LogP contribution in [0.25, 0.3) is 0 Å². The van der Waals surface area contributed by atoms with Crippen LogP contribution >= 0.6 is 24.2 Å². The Morgan fingerprint density at radius 3 is 2.65 bits per heavy atom. The predicted molar refractivity (Wildman–Crippen MR) is 86.5 cm³/mol. The zero-order valence-corrected chi connectivity index (χ0v) is 13.9. The maximum atomic E-state index is 12.0. The number of carbonyl (C=O) groups is 1. The Labute approximate surface area is 132 Å². The molecule has 3 N–H and O–H groups in total. The van der Waals surface area contributed by atoms with Crippen LogP contribution in [-0.4, -0.2) is 42.7 Å². The molecule has 1 aliphatic carbocycles. The Balaban J connectivity index is 0.00000200. The molecule has 1 amide bonds. The van der Waals surface area contributed by atoms with Gasteiger partial charge in [0, 0.05) is 37.0 Å². The Morgan fingerprint density at radius 1 is 1.40 bits per heavy atom. The Bertz CT molecular complexity index is 312. The molecule has 0 unspecified atom stereocenters. The van der Waals surface area contributed by atoms with Crippen molar-refractivity contribution in [2.75, 3.05) is 26.0 Å². The smallest absolute Gasteiger partial charge is 0.220 e. The second-order valence-corrected chi connectivity index (χ2v) is 7.11. The summed E-state index contributed by atoms with van der Waals surface area (Å²) >= 11 is 1.86. The summed E-state index contributed by atoms with van der Waals surface area (Å²) in [5, 5.41) is 3.12. The maximum absolute atomic E-state index is 12.0. The van der Waals surface area contributed by atoms with Gasteiger partial charge in [0.15, 0.2) is 0 Å². The van der Waals surface area contributed by atoms with Crippen LogP contribution in [0.1, 0.15) is 38.5 Å². The first-order valence-electron chi connectivity index (χ1n) is 7.30. The van der Waals surface area contributed by atoms with E-state index in [1.54, 1.807) is 0 Å². The monoisotopic (exact) mass is 322 g/mol. The summed E-state index contributed by atoms with van der Waals surface area (Å²) in [5.41, 5.74) is 6.02.